The lowest BCUT2D eigenvalue weighted by molar-refractivity contribution is 0.0947. The number of aromatic nitrogens is 2. The maximum Gasteiger partial charge on any atom is 0.261 e. The van der Waals surface area contributed by atoms with Gasteiger partial charge in [0.2, 0.25) is 11.7 Å². The Morgan fingerprint density at radius 1 is 0.938 bits per heavy atom. The van der Waals surface area contributed by atoms with Crippen molar-refractivity contribution in [3.05, 3.63) is 95.9 Å². The van der Waals surface area contributed by atoms with Gasteiger partial charge in [-0.25, -0.2) is 8.42 Å². The van der Waals surface area contributed by atoms with E-state index in [9.17, 15) is 13.2 Å². The summed E-state index contributed by atoms with van der Waals surface area (Å²) in [7, 11) is -3.84. The molecule has 2 N–H and O–H groups in total. The van der Waals surface area contributed by atoms with Crippen molar-refractivity contribution < 1.29 is 17.7 Å². The Morgan fingerprint density at radius 3 is 2.38 bits per heavy atom. The van der Waals surface area contributed by atoms with Crippen LogP contribution in [0.25, 0.3) is 11.4 Å². The van der Waals surface area contributed by atoms with Gasteiger partial charge in [-0.3, -0.25) is 9.52 Å². The maximum absolute atomic E-state index is 12.7. The minimum Gasteiger partial charge on any atom is -0.343 e. The average Bonchev–Trinajstić information content (AvgIpc) is 3.28. The molecule has 0 saturated carbocycles. The fraction of sp³-hybridized carbons (Fsp3) is 0.0870. The number of sulfonamides is 1. The van der Waals surface area contributed by atoms with Gasteiger partial charge < -0.3 is 9.84 Å². The molecule has 0 radical (unpaired) electrons. The summed E-state index contributed by atoms with van der Waals surface area (Å²) < 4.78 is 33.0. The molecule has 1 heterocycles. The zero-order valence-electron chi connectivity index (χ0n) is 17.1. The van der Waals surface area contributed by atoms with Gasteiger partial charge in [0, 0.05) is 5.56 Å². The number of hydrogen-bond acceptors (Lipinski definition) is 6. The normalized spacial score (nSPS) is 11.2. The molecular weight excluding hydrogens is 428 g/mol. The Morgan fingerprint density at radius 2 is 1.62 bits per heavy atom. The number of benzene rings is 3. The summed E-state index contributed by atoms with van der Waals surface area (Å²) in [6.07, 6.45) is 0. The molecule has 162 valence electrons. The van der Waals surface area contributed by atoms with Gasteiger partial charge in [-0.2, -0.15) is 4.98 Å². The number of nitrogens with zero attached hydrogens (tertiary/aromatic N) is 2. The molecular formula is C23H20N4O4S. The largest absolute Gasteiger partial charge is 0.343 e. The summed E-state index contributed by atoms with van der Waals surface area (Å²) in [5.41, 5.74) is 2.26. The van der Waals surface area contributed by atoms with Crippen LogP contribution in [-0.2, 0) is 16.6 Å². The molecule has 3 aromatic carbocycles. The molecule has 32 heavy (non-hydrogen) atoms. The van der Waals surface area contributed by atoms with E-state index in [-0.39, 0.29) is 28.6 Å². The van der Waals surface area contributed by atoms with E-state index in [1.54, 1.807) is 30.3 Å². The van der Waals surface area contributed by atoms with Crippen LogP contribution >= 0.6 is 0 Å². The van der Waals surface area contributed by atoms with E-state index in [1.807, 2.05) is 31.2 Å². The lowest BCUT2D eigenvalue weighted by atomic mass is 10.1. The number of amides is 1. The van der Waals surface area contributed by atoms with E-state index in [4.69, 9.17) is 4.52 Å². The molecule has 0 fully saturated rings. The summed E-state index contributed by atoms with van der Waals surface area (Å²) in [4.78, 5) is 17.1. The highest BCUT2D eigenvalue weighted by atomic mass is 32.2. The first kappa shape index (κ1) is 21.3. The molecule has 0 unspecified atom stereocenters. The number of aryl methyl sites for hydroxylation is 1. The quantitative estimate of drug-likeness (QED) is 0.445. The Balaban J connectivity index is 1.46. The molecule has 0 spiro atoms. The first-order chi connectivity index (χ1) is 15.4. The van der Waals surface area contributed by atoms with E-state index in [0.717, 1.165) is 11.1 Å². The predicted molar refractivity (Wildman–Crippen MR) is 119 cm³/mol. The van der Waals surface area contributed by atoms with Crippen molar-refractivity contribution in [3.8, 4) is 11.4 Å². The third-order valence-electron chi connectivity index (χ3n) is 4.65. The van der Waals surface area contributed by atoms with Crippen molar-refractivity contribution >= 4 is 21.6 Å². The first-order valence-electron chi connectivity index (χ1n) is 9.77. The monoisotopic (exact) mass is 448 g/mol. The number of nitrogens with one attached hydrogen (secondary N) is 2. The van der Waals surface area contributed by atoms with Crippen molar-refractivity contribution in [2.24, 2.45) is 0 Å². The van der Waals surface area contributed by atoms with Crippen LogP contribution in [-0.4, -0.2) is 24.5 Å². The summed E-state index contributed by atoms with van der Waals surface area (Å²) in [6.45, 7) is 1.98. The Labute approximate surface area is 185 Å². The van der Waals surface area contributed by atoms with Gasteiger partial charge in [0.1, 0.15) is 0 Å². The van der Waals surface area contributed by atoms with Gasteiger partial charge in [-0.05, 0) is 31.2 Å². The zero-order chi connectivity index (χ0) is 22.6. The Kier molecular flexibility index (Phi) is 6.00. The second-order valence-corrected chi connectivity index (χ2v) is 8.71. The summed E-state index contributed by atoms with van der Waals surface area (Å²) in [5, 5.41) is 6.62. The van der Waals surface area contributed by atoms with E-state index in [1.165, 1.54) is 24.3 Å². The lowest BCUT2D eigenvalue weighted by Gasteiger charge is -2.12. The van der Waals surface area contributed by atoms with E-state index in [2.05, 4.69) is 20.2 Å². The van der Waals surface area contributed by atoms with Crippen molar-refractivity contribution in [1.29, 1.82) is 0 Å². The number of anilines is 1. The summed E-state index contributed by atoms with van der Waals surface area (Å²) >= 11 is 0. The van der Waals surface area contributed by atoms with Gasteiger partial charge in [0.05, 0.1) is 22.7 Å². The van der Waals surface area contributed by atoms with E-state index >= 15 is 0 Å². The number of para-hydroxylation sites is 1. The van der Waals surface area contributed by atoms with E-state index < -0.39 is 15.9 Å². The van der Waals surface area contributed by atoms with Crippen LogP contribution in [0.4, 0.5) is 5.69 Å². The molecule has 0 saturated heterocycles. The lowest BCUT2D eigenvalue weighted by Crippen LogP contribution is -2.25. The molecule has 4 rings (SSSR count). The van der Waals surface area contributed by atoms with Crippen LogP contribution in [0.2, 0.25) is 0 Å². The van der Waals surface area contributed by atoms with Crippen molar-refractivity contribution in [1.82, 2.24) is 15.5 Å². The van der Waals surface area contributed by atoms with Crippen LogP contribution in [0, 0.1) is 6.92 Å². The van der Waals surface area contributed by atoms with Crippen molar-refractivity contribution in [2.45, 2.75) is 18.4 Å². The topological polar surface area (TPSA) is 114 Å². The Bertz CT molecular complexity index is 1330. The van der Waals surface area contributed by atoms with Crippen LogP contribution in [0.5, 0.6) is 0 Å². The Hall–Kier alpha value is -3.98. The van der Waals surface area contributed by atoms with Gasteiger partial charge in [0.25, 0.3) is 15.9 Å². The molecule has 1 aromatic heterocycles. The van der Waals surface area contributed by atoms with Gasteiger partial charge in [-0.1, -0.05) is 65.3 Å². The molecule has 0 atom stereocenters. The fourth-order valence-corrected chi connectivity index (χ4v) is 4.07. The predicted octanol–water partition coefficient (Wildman–Crippen LogP) is 3.78. The molecule has 0 bridgehead atoms. The molecule has 9 heteroatoms. The average molecular weight is 449 g/mol. The smallest absolute Gasteiger partial charge is 0.261 e. The molecule has 4 aromatic rings. The van der Waals surface area contributed by atoms with Crippen LogP contribution < -0.4 is 10.0 Å². The number of carbonyl (C=O) groups is 1. The van der Waals surface area contributed by atoms with Gasteiger partial charge >= 0.3 is 0 Å². The summed E-state index contributed by atoms with van der Waals surface area (Å²) in [6, 6.07) is 22.0. The minimum atomic E-state index is -3.84. The maximum atomic E-state index is 12.7. The third kappa shape index (κ3) is 4.84. The van der Waals surface area contributed by atoms with Crippen molar-refractivity contribution in [3.63, 3.8) is 0 Å². The van der Waals surface area contributed by atoms with E-state index in [0.29, 0.717) is 5.82 Å². The number of rotatable bonds is 7. The third-order valence-corrected chi connectivity index (χ3v) is 6.03. The number of hydrogen-bond donors (Lipinski definition) is 2. The SMILES string of the molecule is Cc1ccc(-c2noc(CNC(=O)c3ccccc3NS(=O)(=O)c3ccccc3)n2)cc1. The standard InChI is InChI=1S/C23H20N4O4S/c1-16-11-13-17(14-12-16)22-25-21(31-26-22)15-24-23(28)19-9-5-6-10-20(19)27-32(29,30)18-7-3-2-4-8-18/h2-14,27H,15H2,1H3,(H,24,28). The highest BCUT2D eigenvalue weighted by Gasteiger charge is 2.19. The van der Waals surface area contributed by atoms with Crippen LogP contribution in [0.1, 0.15) is 21.8 Å². The molecule has 0 aliphatic rings. The molecule has 0 aliphatic heterocycles. The molecule has 0 aliphatic carbocycles. The molecule has 8 nitrogen and oxygen atoms in total. The minimum absolute atomic E-state index is 0.00252. The highest BCUT2D eigenvalue weighted by Crippen LogP contribution is 2.20. The van der Waals surface area contributed by atoms with Crippen molar-refractivity contribution in [2.75, 3.05) is 4.72 Å². The second-order valence-electron chi connectivity index (χ2n) is 7.02. The highest BCUT2D eigenvalue weighted by molar-refractivity contribution is 7.92. The van der Waals surface area contributed by atoms with Gasteiger partial charge in [0.15, 0.2) is 0 Å². The first-order valence-corrected chi connectivity index (χ1v) is 11.3. The molecule has 1 amide bonds. The summed E-state index contributed by atoms with van der Waals surface area (Å²) in [5.74, 6) is 0.174. The zero-order valence-corrected chi connectivity index (χ0v) is 18.0. The fourth-order valence-electron chi connectivity index (χ4n) is 2.97. The van der Waals surface area contributed by atoms with Crippen LogP contribution in [0.3, 0.4) is 0 Å². The second kappa shape index (κ2) is 9.03. The van der Waals surface area contributed by atoms with Gasteiger partial charge in [-0.15, -0.1) is 0 Å². The number of carbonyl (C=O) groups excluding carboxylic acids is 1. The van der Waals surface area contributed by atoms with Crippen LogP contribution in [0.15, 0.2) is 88.3 Å².